The van der Waals surface area contributed by atoms with Crippen LogP contribution in [-0.2, 0) is 4.79 Å². The van der Waals surface area contributed by atoms with E-state index in [1.54, 1.807) is 18.3 Å². The Morgan fingerprint density at radius 2 is 1.94 bits per heavy atom. The summed E-state index contributed by atoms with van der Waals surface area (Å²) in [5, 5.41) is 10.9. The van der Waals surface area contributed by atoms with Gasteiger partial charge in [-0.2, -0.15) is 0 Å². The van der Waals surface area contributed by atoms with Gasteiger partial charge in [0.15, 0.2) is 0 Å². The zero-order chi connectivity index (χ0) is 22.7. The quantitative estimate of drug-likeness (QED) is 0.757. The SMILES string of the molecule is CN(C)c1ncc(-c2ccccc2F)c([C@@H]2CCCN(C(=O)CC3(O)CCCCC3)C2)n1. The Morgan fingerprint density at radius 3 is 2.66 bits per heavy atom. The van der Waals surface area contributed by atoms with Gasteiger partial charge in [0.1, 0.15) is 5.82 Å². The number of piperidine rings is 1. The van der Waals surface area contributed by atoms with Crippen LogP contribution in [0.2, 0.25) is 0 Å². The topological polar surface area (TPSA) is 69.6 Å². The Morgan fingerprint density at radius 1 is 1.19 bits per heavy atom. The Bertz CT molecular complexity index is 959. The maximum atomic E-state index is 14.6. The minimum absolute atomic E-state index is 0.00781. The number of aromatic nitrogens is 2. The fraction of sp³-hybridized carbons (Fsp3) is 0.560. The van der Waals surface area contributed by atoms with Gasteiger partial charge >= 0.3 is 0 Å². The maximum Gasteiger partial charge on any atom is 0.225 e. The van der Waals surface area contributed by atoms with Crippen molar-refractivity contribution in [3.8, 4) is 11.1 Å². The Kier molecular flexibility index (Phi) is 6.74. The lowest BCUT2D eigenvalue weighted by Gasteiger charge is -2.37. The molecule has 1 saturated carbocycles. The summed E-state index contributed by atoms with van der Waals surface area (Å²) in [5.41, 5.74) is 1.07. The smallest absolute Gasteiger partial charge is 0.225 e. The van der Waals surface area contributed by atoms with Crippen LogP contribution in [0, 0.1) is 5.82 Å². The number of benzene rings is 1. The summed E-state index contributed by atoms with van der Waals surface area (Å²) in [6.07, 6.45) is 8.10. The molecule has 1 saturated heterocycles. The van der Waals surface area contributed by atoms with Crippen molar-refractivity contribution in [2.45, 2.75) is 62.9 Å². The van der Waals surface area contributed by atoms with Gasteiger partial charge in [0, 0.05) is 50.4 Å². The molecule has 1 aromatic heterocycles. The molecule has 1 aliphatic carbocycles. The maximum absolute atomic E-state index is 14.6. The largest absolute Gasteiger partial charge is 0.389 e. The standard InChI is InChI=1S/C25H33FN4O2/c1-29(2)24-27-16-20(19-10-4-5-11-21(19)26)23(28-24)18-9-8-14-30(17-18)22(31)15-25(32)12-6-3-7-13-25/h4-5,10-11,16,18,32H,3,6-9,12-15,17H2,1-2H3/t18-/m1/s1. The first-order chi connectivity index (χ1) is 15.4. The van der Waals surface area contributed by atoms with Crippen LogP contribution in [0.3, 0.4) is 0 Å². The molecule has 6 nitrogen and oxygen atoms in total. The van der Waals surface area contributed by atoms with Gasteiger partial charge in [-0.3, -0.25) is 4.79 Å². The average molecular weight is 441 g/mol. The first-order valence-electron chi connectivity index (χ1n) is 11.7. The highest BCUT2D eigenvalue weighted by Gasteiger charge is 2.35. The Balaban J connectivity index is 1.60. The molecule has 172 valence electrons. The summed E-state index contributed by atoms with van der Waals surface area (Å²) < 4.78 is 14.6. The first-order valence-corrected chi connectivity index (χ1v) is 11.7. The molecule has 0 spiro atoms. The highest BCUT2D eigenvalue weighted by Crippen LogP contribution is 2.36. The second kappa shape index (κ2) is 9.53. The monoisotopic (exact) mass is 440 g/mol. The van der Waals surface area contributed by atoms with Crippen molar-refractivity contribution in [3.05, 3.63) is 42.0 Å². The number of halogens is 1. The Hall–Kier alpha value is -2.54. The molecular formula is C25H33FN4O2. The number of amides is 1. The number of hydrogen-bond donors (Lipinski definition) is 1. The number of likely N-dealkylation sites (tertiary alicyclic amines) is 1. The van der Waals surface area contributed by atoms with Gasteiger partial charge < -0.3 is 14.9 Å². The number of aliphatic hydroxyl groups is 1. The van der Waals surface area contributed by atoms with Crippen molar-refractivity contribution in [1.82, 2.24) is 14.9 Å². The van der Waals surface area contributed by atoms with Crippen LogP contribution in [0.1, 0.15) is 63.0 Å². The van der Waals surface area contributed by atoms with Gasteiger partial charge in [-0.25, -0.2) is 14.4 Å². The highest BCUT2D eigenvalue weighted by molar-refractivity contribution is 5.77. The predicted molar refractivity (Wildman–Crippen MR) is 123 cm³/mol. The van der Waals surface area contributed by atoms with E-state index < -0.39 is 5.60 Å². The molecule has 0 bridgehead atoms. The molecule has 7 heteroatoms. The molecule has 2 aliphatic rings. The predicted octanol–water partition coefficient (Wildman–Crippen LogP) is 4.14. The normalized spacial score (nSPS) is 20.8. The van der Waals surface area contributed by atoms with Crippen LogP contribution in [0.15, 0.2) is 30.5 Å². The number of anilines is 1. The van der Waals surface area contributed by atoms with Crippen molar-refractivity contribution in [2.75, 3.05) is 32.1 Å². The van der Waals surface area contributed by atoms with Crippen LogP contribution in [0.4, 0.5) is 10.3 Å². The van der Waals surface area contributed by atoms with Crippen molar-refractivity contribution in [2.24, 2.45) is 0 Å². The van der Waals surface area contributed by atoms with Gasteiger partial charge in [-0.05, 0) is 31.7 Å². The van der Waals surface area contributed by atoms with E-state index in [1.165, 1.54) is 6.07 Å². The molecule has 2 fully saturated rings. The summed E-state index contributed by atoms with van der Waals surface area (Å²) in [5.74, 6) is 0.261. The van der Waals surface area contributed by atoms with E-state index in [0.29, 0.717) is 43.0 Å². The lowest BCUT2D eigenvalue weighted by Crippen LogP contribution is -2.44. The summed E-state index contributed by atoms with van der Waals surface area (Å²) in [6, 6.07) is 6.67. The first kappa shape index (κ1) is 22.6. The second-order valence-corrected chi connectivity index (χ2v) is 9.48. The number of rotatable bonds is 5. The fourth-order valence-corrected chi connectivity index (χ4v) is 5.01. The van der Waals surface area contributed by atoms with Crippen LogP contribution in [-0.4, -0.2) is 58.7 Å². The van der Waals surface area contributed by atoms with E-state index in [-0.39, 0.29) is 24.1 Å². The van der Waals surface area contributed by atoms with E-state index in [2.05, 4.69) is 4.98 Å². The molecule has 2 aromatic rings. The van der Waals surface area contributed by atoms with Gasteiger partial charge in [-0.15, -0.1) is 0 Å². The summed E-state index contributed by atoms with van der Waals surface area (Å²) in [6.45, 7) is 1.21. The second-order valence-electron chi connectivity index (χ2n) is 9.48. The minimum atomic E-state index is -0.867. The molecule has 0 unspecified atom stereocenters. The third-order valence-corrected chi connectivity index (χ3v) is 6.79. The van der Waals surface area contributed by atoms with Crippen LogP contribution in [0.25, 0.3) is 11.1 Å². The minimum Gasteiger partial charge on any atom is -0.389 e. The molecule has 1 atom stereocenters. The van der Waals surface area contributed by atoms with E-state index in [4.69, 9.17) is 4.98 Å². The third kappa shape index (κ3) is 4.93. The molecule has 1 amide bonds. The Labute approximate surface area is 189 Å². The fourth-order valence-electron chi connectivity index (χ4n) is 5.01. The van der Waals surface area contributed by atoms with Crippen LogP contribution in [0.5, 0.6) is 0 Å². The van der Waals surface area contributed by atoms with Crippen molar-refractivity contribution in [3.63, 3.8) is 0 Å². The van der Waals surface area contributed by atoms with E-state index in [0.717, 1.165) is 37.8 Å². The number of hydrogen-bond acceptors (Lipinski definition) is 5. The zero-order valence-corrected chi connectivity index (χ0v) is 19.1. The zero-order valence-electron chi connectivity index (χ0n) is 19.1. The molecule has 4 rings (SSSR count). The van der Waals surface area contributed by atoms with E-state index in [1.807, 2.05) is 30.0 Å². The van der Waals surface area contributed by atoms with Gasteiger partial charge in [0.25, 0.3) is 0 Å². The van der Waals surface area contributed by atoms with E-state index in [9.17, 15) is 14.3 Å². The summed E-state index contributed by atoms with van der Waals surface area (Å²) >= 11 is 0. The van der Waals surface area contributed by atoms with Gasteiger partial charge in [0.2, 0.25) is 11.9 Å². The average Bonchev–Trinajstić information content (AvgIpc) is 2.79. The lowest BCUT2D eigenvalue weighted by molar-refractivity contribution is -0.139. The summed E-state index contributed by atoms with van der Waals surface area (Å²) in [7, 11) is 3.76. The van der Waals surface area contributed by atoms with Gasteiger partial charge in [0.05, 0.1) is 17.7 Å². The van der Waals surface area contributed by atoms with Crippen molar-refractivity contribution in [1.29, 1.82) is 0 Å². The molecule has 1 N–H and O–H groups in total. The van der Waals surface area contributed by atoms with Crippen molar-refractivity contribution >= 4 is 11.9 Å². The highest BCUT2D eigenvalue weighted by atomic mass is 19.1. The number of nitrogens with zero attached hydrogens (tertiary/aromatic N) is 4. The van der Waals surface area contributed by atoms with Crippen molar-refractivity contribution < 1.29 is 14.3 Å². The molecular weight excluding hydrogens is 407 g/mol. The van der Waals surface area contributed by atoms with E-state index >= 15 is 0 Å². The molecule has 32 heavy (non-hydrogen) atoms. The van der Waals surface area contributed by atoms with Gasteiger partial charge in [-0.1, -0.05) is 37.5 Å². The van der Waals surface area contributed by atoms with Crippen LogP contribution >= 0.6 is 0 Å². The molecule has 1 aliphatic heterocycles. The van der Waals surface area contributed by atoms with Crippen LogP contribution < -0.4 is 4.90 Å². The number of carbonyl (C=O) groups is 1. The lowest BCUT2D eigenvalue weighted by atomic mass is 9.82. The summed E-state index contributed by atoms with van der Waals surface area (Å²) in [4.78, 5) is 26.0. The third-order valence-electron chi connectivity index (χ3n) is 6.79. The molecule has 1 aromatic carbocycles. The molecule has 0 radical (unpaired) electrons. The molecule has 2 heterocycles. The number of carbonyl (C=O) groups excluding carboxylic acids is 1.